The van der Waals surface area contributed by atoms with E-state index in [0.717, 1.165) is 17.7 Å². The minimum absolute atomic E-state index is 0.0384. The van der Waals surface area contributed by atoms with Crippen molar-refractivity contribution in [2.45, 2.75) is 58.9 Å². The van der Waals surface area contributed by atoms with Crippen molar-refractivity contribution in [1.29, 1.82) is 0 Å². The molecule has 19 heavy (non-hydrogen) atoms. The van der Waals surface area contributed by atoms with E-state index < -0.39 is 0 Å². The minimum atomic E-state index is -0.0605. The average Bonchev–Trinajstić information content (AvgIpc) is 2.16. The van der Waals surface area contributed by atoms with Crippen molar-refractivity contribution >= 4 is 0 Å². The molecule has 0 saturated carbocycles. The molecule has 0 spiro atoms. The van der Waals surface area contributed by atoms with Crippen LogP contribution in [-0.2, 0) is 17.4 Å². The molecule has 1 aromatic rings. The molecule has 2 heteroatoms. The predicted octanol–water partition coefficient (Wildman–Crippen LogP) is 4.05. The first-order valence-corrected chi connectivity index (χ1v) is 6.95. The van der Waals surface area contributed by atoms with Gasteiger partial charge in [-0.2, -0.15) is 0 Å². The highest BCUT2D eigenvalue weighted by Crippen LogP contribution is 2.41. The van der Waals surface area contributed by atoms with Crippen LogP contribution in [0.25, 0.3) is 0 Å². The fourth-order valence-electron chi connectivity index (χ4n) is 2.49. The van der Waals surface area contributed by atoms with Crippen molar-refractivity contribution in [3.8, 4) is 5.75 Å². The molecular weight excluding hydrogens is 234 g/mol. The molecule has 0 aromatic heterocycles. The summed E-state index contributed by atoms with van der Waals surface area (Å²) in [6.07, 6.45) is 0. The van der Waals surface area contributed by atoms with Gasteiger partial charge in [-0.05, 0) is 30.5 Å². The molecule has 1 aromatic carbocycles. The van der Waals surface area contributed by atoms with E-state index in [2.05, 4.69) is 58.6 Å². The summed E-state index contributed by atoms with van der Waals surface area (Å²) < 4.78 is 0. The molecule has 0 heterocycles. The lowest BCUT2D eigenvalue weighted by atomic mass is 9.74. The van der Waals surface area contributed by atoms with Gasteiger partial charge >= 0.3 is 0 Å². The summed E-state index contributed by atoms with van der Waals surface area (Å²) in [6.45, 7) is 13.8. The Hall–Kier alpha value is -1.02. The van der Waals surface area contributed by atoms with Crippen molar-refractivity contribution in [1.82, 2.24) is 4.90 Å². The molecular formula is C17H29NO. The van der Waals surface area contributed by atoms with Gasteiger partial charge in [0.15, 0.2) is 0 Å². The van der Waals surface area contributed by atoms with E-state index in [1.807, 2.05) is 14.1 Å². The first-order chi connectivity index (χ1) is 8.44. The summed E-state index contributed by atoms with van der Waals surface area (Å²) in [7, 11) is 4.04. The van der Waals surface area contributed by atoms with Gasteiger partial charge in [0.05, 0.1) is 0 Å². The van der Waals surface area contributed by atoms with Gasteiger partial charge in [0, 0.05) is 17.7 Å². The zero-order valence-corrected chi connectivity index (χ0v) is 13.8. The van der Waals surface area contributed by atoms with E-state index in [4.69, 9.17) is 0 Å². The number of phenolic OH excluding ortho intramolecular Hbond substituents is 1. The van der Waals surface area contributed by atoms with Crippen LogP contribution in [0, 0.1) is 0 Å². The average molecular weight is 263 g/mol. The second-order valence-corrected chi connectivity index (χ2v) is 7.73. The number of aromatic hydroxyl groups is 1. The lowest BCUT2D eigenvalue weighted by Crippen LogP contribution is -2.23. The molecule has 108 valence electrons. The zero-order valence-electron chi connectivity index (χ0n) is 13.8. The molecule has 0 aliphatic heterocycles. The zero-order chi connectivity index (χ0) is 15.0. The number of benzene rings is 1. The first kappa shape index (κ1) is 16.0. The standard InChI is InChI=1S/C17H29NO/c1-16(2,3)13-10-9-12(11-18(7)8)15(19)14(13)17(4,5)6/h9-10,19H,11H2,1-8H3. The van der Waals surface area contributed by atoms with Crippen LogP contribution in [0.3, 0.4) is 0 Å². The molecule has 0 aliphatic rings. The van der Waals surface area contributed by atoms with Crippen molar-refractivity contribution in [2.24, 2.45) is 0 Å². The van der Waals surface area contributed by atoms with Crippen molar-refractivity contribution in [3.63, 3.8) is 0 Å². The quantitative estimate of drug-likeness (QED) is 0.870. The summed E-state index contributed by atoms with van der Waals surface area (Å²) in [5.74, 6) is 0.466. The van der Waals surface area contributed by atoms with Gasteiger partial charge in [0.1, 0.15) is 5.75 Å². The van der Waals surface area contributed by atoms with Gasteiger partial charge in [-0.3, -0.25) is 0 Å². The second-order valence-electron chi connectivity index (χ2n) is 7.73. The maximum absolute atomic E-state index is 10.7. The van der Waals surface area contributed by atoms with Gasteiger partial charge in [-0.1, -0.05) is 53.7 Å². The summed E-state index contributed by atoms with van der Waals surface area (Å²) in [6, 6.07) is 4.24. The largest absolute Gasteiger partial charge is 0.507 e. The molecule has 0 fully saturated rings. The third-order valence-corrected chi connectivity index (χ3v) is 3.31. The van der Waals surface area contributed by atoms with Crippen LogP contribution in [0.5, 0.6) is 5.75 Å². The topological polar surface area (TPSA) is 23.5 Å². The van der Waals surface area contributed by atoms with Crippen molar-refractivity contribution < 1.29 is 5.11 Å². The number of rotatable bonds is 2. The van der Waals surface area contributed by atoms with E-state index >= 15 is 0 Å². The second kappa shape index (κ2) is 5.16. The fraction of sp³-hybridized carbons (Fsp3) is 0.647. The van der Waals surface area contributed by atoms with Crippen LogP contribution in [0.1, 0.15) is 58.2 Å². The lowest BCUT2D eigenvalue weighted by molar-refractivity contribution is 0.377. The third-order valence-electron chi connectivity index (χ3n) is 3.31. The molecule has 1 N–H and O–H groups in total. The van der Waals surface area contributed by atoms with E-state index in [0.29, 0.717) is 5.75 Å². The van der Waals surface area contributed by atoms with Crippen LogP contribution >= 0.6 is 0 Å². The van der Waals surface area contributed by atoms with E-state index in [1.54, 1.807) is 0 Å². The summed E-state index contributed by atoms with van der Waals surface area (Å²) in [5, 5.41) is 10.7. The van der Waals surface area contributed by atoms with Gasteiger partial charge in [0.25, 0.3) is 0 Å². The Morgan fingerprint density at radius 1 is 0.947 bits per heavy atom. The molecule has 0 unspecified atom stereocenters. The smallest absolute Gasteiger partial charge is 0.124 e. The molecule has 0 amide bonds. The number of nitrogens with zero attached hydrogens (tertiary/aromatic N) is 1. The normalized spacial score (nSPS) is 13.1. The third kappa shape index (κ3) is 3.73. The van der Waals surface area contributed by atoms with Crippen LogP contribution in [0.4, 0.5) is 0 Å². The Morgan fingerprint density at radius 2 is 1.47 bits per heavy atom. The Kier molecular flexibility index (Phi) is 4.36. The maximum atomic E-state index is 10.7. The summed E-state index contributed by atoms with van der Waals surface area (Å²) in [4.78, 5) is 2.08. The Morgan fingerprint density at radius 3 is 1.84 bits per heavy atom. The van der Waals surface area contributed by atoms with Crippen molar-refractivity contribution in [3.05, 3.63) is 28.8 Å². The van der Waals surface area contributed by atoms with E-state index in [-0.39, 0.29) is 10.8 Å². The Bertz CT molecular complexity index is 448. The molecule has 0 aliphatic carbocycles. The monoisotopic (exact) mass is 263 g/mol. The molecule has 2 nitrogen and oxygen atoms in total. The van der Waals surface area contributed by atoms with Crippen LogP contribution in [0.2, 0.25) is 0 Å². The minimum Gasteiger partial charge on any atom is -0.507 e. The van der Waals surface area contributed by atoms with Crippen LogP contribution < -0.4 is 0 Å². The summed E-state index contributed by atoms with van der Waals surface area (Å²) >= 11 is 0. The van der Waals surface area contributed by atoms with Crippen LogP contribution in [-0.4, -0.2) is 24.1 Å². The number of hydrogen-bond donors (Lipinski definition) is 1. The maximum Gasteiger partial charge on any atom is 0.124 e. The highest BCUT2D eigenvalue weighted by molar-refractivity contribution is 5.51. The molecule has 1 rings (SSSR count). The van der Waals surface area contributed by atoms with Gasteiger partial charge in [0.2, 0.25) is 0 Å². The molecule has 0 atom stereocenters. The van der Waals surface area contributed by atoms with Gasteiger partial charge < -0.3 is 10.0 Å². The van der Waals surface area contributed by atoms with Crippen LogP contribution in [0.15, 0.2) is 12.1 Å². The van der Waals surface area contributed by atoms with Gasteiger partial charge in [-0.25, -0.2) is 0 Å². The Balaban J connectivity index is 3.51. The molecule has 0 saturated heterocycles. The Labute approximate surface area is 118 Å². The lowest BCUT2D eigenvalue weighted by Gasteiger charge is -2.32. The molecule has 0 radical (unpaired) electrons. The van der Waals surface area contributed by atoms with Gasteiger partial charge in [-0.15, -0.1) is 0 Å². The van der Waals surface area contributed by atoms with Crippen molar-refractivity contribution in [2.75, 3.05) is 14.1 Å². The number of hydrogen-bond acceptors (Lipinski definition) is 2. The highest BCUT2D eigenvalue weighted by atomic mass is 16.3. The number of phenols is 1. The van der Waals surface area contributed by atoms with E-state index in [9.17, 15) is 5.11 Å². The predicted molar refractivity (Wildman–Crippen MR) is 82.9 cm³/mol. The van der Waals surface area contributed by atoms with E-state index in [1.165, 1.54) is 5.56 Å². The SMILES string of the molecule is CN(C)Cc1ccc(C(C)(C)C)c(C(C)(C)C)c1O. The highest BCUT2D eigenvalue weighted by Gasteiger charge is 2.29. The fourth-order valence-corrected chi connectivity index (χ4v) is 2.49. The summed E-state index contributed by atoms with van der Waals surface area (Å²) in [5.41, 5.74) is 3.30. The first-order valence-electron chi connectivity index (χ1n) is 6.95. The molecule has 0 bridgehead atoms.